The highest BCUT2D eigenvalue weighted by molar-refractivity contribution is 7.92. The summed E-state index contributed by atoms with van der Waals surface area (Å²) in [6.45, 7) is 6.89. The first-order valence-corrected chi connectivity index (χ1v) is 11.9. The number of benzene rings is 2. The standard InChI is InChI=1S/C23H31N3O3S/c1-4-20(26-15-5-6-16-26)17-24-23(27)19-9-11-21(12-10-19)25(3)30(28,29)22-13-7-18(2)8-14-22/h7-14,20H,4-6,15-17H2,1-3H3,(H,24,27). The number of hydrogen-bond acceptors (Lipinski definition) is 4. The highest BCUT2D eigenvalue weighted by Crippen LogP contribution is 2.23. The Balaban J connectivity index is 1.64. The van der Waals surface area contributed by atoms with E-state index >= 15 is 0 Å². The Morgan fingerprint density at radius 3 is 2.23 bits per heavy atom. The summed E-state index contributed by atoms with van der Waals surface area (Å²) in [4.78, 5) is 15.2. The van der Waals surface area contributed by atoms with Gasteiger partial charge in [0, 0.05) is 25.2 Å². The molecule has 0 bridgehead atoms. The average Bonchev–Trinajstić information content (AvgIpc) is 3.28. The summed E-state index contributed by atoms with van der Waals surface area (Å²) in [6, 6.07) is 13.8. The van der Waals surface area contributed by atoms with Gasteiger partial charge in [0.15, 0.2) is 0 Å². The second kappa shape index (κ2) is 9.62. The van der Waals surface area contributed by atoms with Gasteiger partial charge in [0.25, 0.3) is 15.9 Å². The summed E-state index contributed by atoms with van der Waals surface area (Å²) in [7, 11) is -2.13. The number of anilines is 1. The minimum atomic E-state index is -3.65. The van der Waals surface area contributed by atoms with Crippen molar-refractivity contribution in [1.29, 1.82) is 0 Å². The van der Waals surface area contributed by atoms with Gasteiger partial charge in [-0.15, -0.1) is 0 Å². The van der Waals surface area contributed by atoms with Crippen LogP contribution < -0.4 is 9.62 Å². The van der Waals surface area contributed by atoms with Crippen LogP contribution in [0.25, 0.3) is 0 Å². The SMILES string of the molecule is CCC(CNC(=O)c1ccc(N(C)S(=O)(=O)c2ccc(C)cc2)cc1)N1CCCC1. The third kappa shape index (κ3) is 5.02. The van der Waals surface area contributed by atoms with E-state index in [1.54, 1.807) is 48.5 Å². The highest BCUT2D eigenvalue weighted by atomic mass is 32.2. The number of carbonyl (C=O) groups is 1. The van der Waals surface area contributed by atoms with E-state index in [-0.39, 0.29) is 10.8 Å². The summed E-state index contributed by atoms with van der Waals surface area (Å²) in [5, 5.41) is 3.02. The van der Waals surface area contributed by atoms with Gasteiger partial charge in [-0.1, -0.05) is 24.6 Å². The molecule has 0 aromatic heterocycles. The quantitative estimate of drug-likeness (QED) is 0.698. The number of aryl methyl sites for hydroxylation is 1. The van der Waals surface area contributed by atoms with Crippen LogP contribution in [0.5, 0.6) is 0 Å². The first kappa shape index (κ1) is 22.3. The smallest absolute Gasteiger partial charge is 0.264 e. The van der Waals surface area contributed by atoms with Gasteiger partial charge >= 0.3 is 0 Å². The predicted molar refractivity (Wildman–Crippen MR) is 120 cm³/mol. The Morgan fingerprint density at radius 1 is 1.07 bits per heavy atom. The second-order valence-corrected chi connectivity index (χ2v) is 9.82. The predicted octanol–water partition coefficient (Wildman–Crippen LogP) is 3.42. The molecule has 0 aliphatic carbocycles. The summed E-state index contributed by atoms with van der Waals surface area (Å²) >= 11 is 0. The van der Waals surface area contributed by atoms with Crippen molar-refractivity contribution in [3.63, 3.8) is 0 Å². The van der Waals surface area contributed by atoms with Crippen molar-refractivity contribution in [3.8, 4) is 0 Å². The number of hydrogen-bond donors (Lipinski definition) is 1. The van der Waals surface area contributed by atoms with Crippen molar-refractivity contribution in [3.05, 3.63) is 59.7 Å². The molecule has 2 aromatic carbocycles. The molecule has 0 spiro atoms. The van der Waals surface area contributed by atoms with Crippen LogP contribution in [0.1, 0.15) is 42.1 Å². The van der Waals surface area contributed by atoms with E-state index in [1.165, 1.54) is 24.2 Å². The van der Waals surface area contributed by atoms with Crippen molar-refractivity contribution in [2.75, 3.05) is 31.0 Å². The van der Waals surface area contributed by atoms with Crippen molar-refractivity contribution < 1.29 is 13.2 Å². The average molecular weight is 430 g/mol. The van der Waals surface area contributed by atoms with Crippen LogP contribution in [-0.4, -0.2) is 51.9 Å². The number of likely N-dealkylation sites (tertiary alicyclic amines) is 1. The lowest BCUT2D eigenvalue weighted by Crippen LogP contribution is -2.42. The van der Waals surface area contributed by atoms with E-state index < -0.39 is 10.0 Å². The monoisotopic (exact) mass is 429 g/mol. The fraction of sp³-hybridized carbons (Fsp3) is 0.435. The Morgan fingerprint density at radius 2 is 1.67 bits per heavy atom. The van der Waals surface area contributed by atoms with Gasteiger partial charge in [-0.25, -0.2) is 8.42 Å². The van der Waals surface area contributed by atoms with Crippen LogP contribution in [0.3, 0.4) is 0 Å². The molecular weight excluding hydrogens is 398 g/mol. The third-order valence-electron chi connectivity index (χ3n) is 5.80. The van der Waals surface area contributed by atoms with E-state index in [0.717, 1.165) is 25.1 Å². The number of rotatable bonds is 8. The zero-order valence-electron chi connectivity index (χ0n) is 18.0. The van der Waals surface area contributed by atoms with Gasteiger partial charge in [-0.3, -0.25) is 14.0 Å². The highest BCUT2D eigenvalue weighted by Gasteiger charge is 2.22. The molecule has 2 aromatic rings. The molecule has 162 valence electrons. The molecule has 0 saturated carbocycles. The molecule has 1 heterocycles. The Kier molecular flexibility index (Phi) is 7.15. The molecule has 1 saturated heterocycles. The molecule has 0 radical (unpaired) electrons. The molecule has 3 rings (SSSR count). The first-order chi connectivity index (χ1) is 14.3. The number of nitrogens with zero attached hydrogens (tertiary/aromatic N) is 2. The molecule has 1 unspecified atom stereocenters. The van der Waals surface area contributed by atoms with Gasteiger partial charge < -0.3 is 5.32 Å². The van der Waals surface area contributed by atoms with E-state index in [9.17, 15) is 13.2 Å². The summed E-state index contributed by atoms with van der Waals surface area (Å²) in [5.41, 5.74) is 2.04. The summed E-state index contributed by atoms with van der Waals surface area (Å²) in [6.07, 6.45) is 3.46. The van der Waals surface area contributed by atoms with E-state index in [2.05, 4.69) is 17.1 Å². The van der Waals surface area contributed by atoms with Gasteiger partial charge in [0.2, 0.25) is 0 Å². The Hall–Kier alpha value is -2.38. The molecule has 30 heavy (non-hydrogen) atoms. The molecule has 7 heteroatoms. The van der Waals surface area contributed by atoms with Gasteiger partial charge in [-0.05, 0) is 75.7 Å². The third-order valence-corrected chi connectivity index (χ3v) is 7.60. The lowest BCUT2D eigenvalue weighted by atomic mass is 10.1. The van der Waals surface area contributed by atoms with Gasteiger partial charge in [-0.2, -0.15) is 0 Å². The lowest BCUT2D eigenvalue weighted by molar-refractivity contribution is 0.0937. The second-order valence-electron chi connectivity index (χ2n) is 7.85. The summed E-state index contributed by atoms with van der Waals surface area (Å²) < 4.78 is 26.9. The van der Waals surface area contributed by atoms with E-state index in [1.807, 2.05) is 6.92 Å². The molecule has 1 atom stereocenters. The van der Waals surface area contributed by atoms with Crippen LogP contribution in [-0.2, 0) is 10.0 Å². The van der Waals surface area contributed by atoms with Gasteiger partial charge in [0.05, 0.1) is 10.6 Å². The van der Waals surface area contributed by atoms with Crippen LogP contribution in [0.2, 0.25) is 0 Å². The molecule has 1 fully saturated rings. The van der Waals surface area contributed by atoms with Crippen molar-refractivity contribution in [2.24, 2.45) is 0 Å². The van der Waals surface area contributed by atoms with Crippen LogP contribution >= 0.6 is 0 Å². The van der Waals surface area contributed by atoms with Crippen LogP contribution in [0.15, 0.2) is 53.4 Å². The maximum Gasteiger partial charge on any atom is 0.264 e. The van der Waals surface area contributed by atoms with Gasteiger partial charge in [0.1, 0.15) is 0 Å². The summed E-state index contributed by atoms with van der Waals surface area (Å²) in [5.74, 6) is -0.136. The van der Waals surface area contributed by atoms with E-state index in [0.29, 0.717) is 23.8 Å². The van der Waals surface area contributed by atoms with Crippen molar-refractivity contribution in [2.45, 2.75) is 44.0 Å². The molecule has 1 aliphatic rings. The number of nitrogens with one attached hydrogen (secondary N) is 1. The minimum absolute atomic E-state index is 0.136. The van der Waals surface area contributed by atoms with Crippen LogP contribution in [0.4, 0.5) is 5.69 Å². The molecule has 1 aliphatic heterocycles. The molecule has 6 nitrogen and oxygen atoms in total. The van der Waals surface area contributed by atoms with E-state index in [4.69, 9.17) is 0 Å². The Labute approximate surface area is 179 Å². The molecule has 1 N–H and O–H groups in total. The molecular formula is C23H31N3O3S. The normalized spacial score (nSPS) is 15.7. The Bertz CT molecular complexity index is 950. The fourth-order valence-electron chi connectivity index (χ4n) is 3.78. The fourth-order valence-corrected chi connectivity index (χ4v) is 4.98. The number of carbonyl (C=O) groups excluding carboxylic acids is 1. The lowest BCUT2D eigenvalue weighted by Gasteiger charge is -2.26. The minimum Gasteiger partial charge on any atom is -0.350 e. The topological polar surface area (TPSA) is 69.7 Å². The zero-order valence-corrected chi connectivity index (χ0v) is 18.8. The van der Waals surface area contributed by atoms with Crippen molar-refractivity contribution >= 4 is 21.6 Å². The largest absolute Gasteiger partial charge is 0.350 e. The maximum absolute atomic E-state index is 12.8. The first-order valence-electron chi connectivity index (χ1n) is 10.5. The number of amides is 1. The maximum atomic E-state index is 12.8. The zero-order chi connectivity index (χ0) is 21.7. The number of sulfonamides is 1. The van der Waals surface area contributed by atoms with Crippen LogP contribution in [0, 0.1) is 6.92 Å². The van der Waals surface area contributed by atoms with Crippen molar-refractivity contribution in [1.82, 2.24) is 10.2 Å². The molecule has 1 amide bonds.